The van der Waals surface area contributed by atoms with E-state index < -0.39 is 11.7 Å². The van der Waals surface area contributed by atoms with Crippen LogP contribution in [0.1, 0.15) is 24.5 Å². The maximum atomic E-state index is 13.5. The van der Waals surface area contributed by atoms with Gasteiger partial charge in [0.15, 0.2) is 11.5 Å². The minimum atomic E-state index is -3.74. The van der Waals surface area contributed by atoms with E-state index >= 15 is 0 Å². The van der Waals surface area contributed by atoms with E-state index in [-0.39, 0.29) is 24.0 Å². The molecule has 9 heteroatoms. The highest BCUT2D eigenvalue weighted by Crippen LogP contribution is 2.50. The number of aromatic nitrogens is 1. The molecule has 3 aromatic rings. The molecule has 2 atom stereocenters. The topological polar surface area (TPSA) is 72.9 Å². The molecule has 0 bridgehead atoms. The first-order valence-corrected chi connectivity index (χ1v) is 11.9. The predicted octanol–water partition coefficient (Wildman–Crippen LogP) is 4.76. The van der Waals surface area contributed by atoms with E-state index in [1.165, 1.54) is 17.7 Å². The molecule has 1 aromatic heterocycles. The monoisotopic (exact) mass is 493 g/mol. The van der Waals surface area contributed by atoms with Gasteiger partial charge in [0.25, 0.3) is 0 Å². The van der Waals surface area contributed by atoms with E-state index in [0.717, 1.165) is 31.7 Å². The summed E-state index contributed by atoms with van der Waals surface area (Å²) < 4.78 is 41.7. The number of anilines is 2. The standard InChI is InChI=1S/C27H25F2N3O4/c1-26(16-34-20-14-22-21(13-19(20)26)35-27(28,29)36-22)25(33)31-23-8-5-9-24(30-23)32-11-10-18(15-32)12-17-6-3-2-4-7-17/h2-9,13-14,18H,10-12,15-16H2,1H3,(H,30,31,33). The molecule has 6 rings (SSSR count). The molecule has 1 amide bonds. The Bertz CT molecular complexity index is 1320. The van der Waals surface area contributed by atoms with Crippen molar-refractivity contribution in [2.45, 2.75) is 31.5 Å². The molecule has 0 saturated carbocycles. The fourth-order valence-electron chi connectivity index (χ4n) is 5.09. The van der Waals surface area contributed by atoms with Crippen LogP contribution in [0, 0.1) is 5.92 Å². The van der Waals surface area contributed by atoms with Crippen LogP contribution in [0.3, 0.4) is 0 Å². The summed E-state index contributed by atoms with van der Waals surface area (Å²) in [6.45, 7) is 3.56. The Morgan fingerprint density at radius 2 is 1.86 bits per heavy atom. The zero-order chi connectivity index (χ0) is 24.9. The quantitative estimate of drug-likeness (QED) is 0.553. The number of carbonyl (C=O) groups excluding carboxylic acids is 1. The molecule has 1 fully saturated rings. The van der Waals surface area contributed by atoms with Gasteiger partial charge < -0.3 is 24.4 Å². The molecular formula is C27H25F2N3O4. The lowest BCUT2D eigenvalue weighted by Crippen LogP contribution is -2.39. The summed E-state index contributed by atoms with van der Waals surface area (Å²) in [5.41, 5.74) is 0.675. The average Bonchev–Trinajstić information content (AvgIpc) is 3.53. The Morgan fingerprint density at radius 1 is 1.08 bits per heavy atom. The number of rotatable bonds is 5. The Labute approximate surface area is 207 Å². The van der Waals surface area contributed by atoms with Crippen molar-refractivity contribution in [2.24, 2.45) is 5.92 Å². The van der Waals surface area contributed by atoms with E-state index in [1.807, 2.05) is 18.2 Å². The molecule has 1 saturated heterocycles. The lowest BCUT2D eigenvalue weighted by molar-refractivity contribution is -0.286. The zero-order valence-electron chi connectivity index (χ0n) is 19.7. The number of halogens is 2. The molecule has 2 aromatic carbocycles. The zero-order valence-corrected chi connectivity index (χ0v) is 19.7. The van der Waals surface area contributed by atoms with Crippen molar-refractivity contribution >= 4 is 17.5 Å². The van der Waals surface area contributed by atoms with Gasteiger partial charge in [0.05, 0.1) is 0 Å². The van der Waals surface area contributed by atoms with Crippen LogP contribution in [0.25, 0.3) is 0 Å². The number of carbonyl (C=O) groups is 1. The van der Waals surface area contributed by atoms with Gasteiger partial charge in [0, 0.05) is 24.7 Å². The number of amides is 1. The van der Waals surface area contributed by atoms with Crippen LogP contribution in [0.4, 0.5) is 20.4 Å². The van der Waals surface area contributed by atoms with Crippen LogP contribution in [-0.4, -0.2) is 36.9 Å². The number of pyridine rings is 1. The van der Waals surface area contributed by atoms with Crippen molar-refractivity contribution in [1.82, 2.24) is 4.98 Å². The molecule has 0 spiro atoms. The third kappa shape index (κ3) is 4.08. The second kappa shape index (κ2) is 8.36. The summed E-state index contributed by atoms with van der Waals surface area (Å²) in [4.78, 5) is 20.3. The van der Waals surface area contributed by atoms with Crippen LogP contribution in [0.2, 0.25) is 0 Å². The highest BCUT2D eigenvalue weighted by Gasteiger charge is 2.49. The number of fused-ring (bicyclic) bond motifs is 2. The lowest BCUT2D eigenvalue weighted by Gasteiger charge is -2.22. The van der Waals surface area contributed by atoms with Crippen LogP contribution in [0.5, 0.6) is 17.2 Å². The predicted molar refractivity (Wildman–Crippen MR) is 129 cm³/mol. The van der Waals surface area contributed by atoms with Crippen LogP contribution >= 0.6 is 0 Å². The molecule has 36 heavy (non-hydrogen) atoms. The van der Waals surface area contributed by atoms with Gasteiger partial charge in [0.2, 0.25) is 5.91 Å². The third-order valence-corrected chi connectivity index (χ3v) is 7.07. The minimum Gasteiger partial charge on any atom is -0.492 e. The molecule has 4 heterocycles. The summed E-state index contributed by atoms with van der Waals surface area (Å²) in [6, 6.07) is 18.7. The summed E-state index contributed by atoms with van der Waals surface area (Å²) in [6.07, 6.45) is -1.64. The second-order valence-electron chi connectivity index (χ2n) is 9.71. The van der Waals surface area contributed by atoms with E-state index in [9.17, 15) is 13.6 Å². The Kier molecular flexibility index (Phi) is 5.24. The van der Waals surface area contributed by atoms with E-state index in [1.54, 1.807) is 13.0 Å². The number of hydrogen-bond acceptors (Lipinski definition) is 6. The van der Waals surface area contributed by atoms with Gasteiger partial charge >= 0.3 is 6.29 Å². The third-order valence-electron chi connectivity index (χ3n) is 7.07. The summed E-state index contributed by atoms with van der Waals surface area (Å²) in [5, 5.41) is 2.89. The van der Waals surface area contributed by atoms with Crippen molar-refractivity contribution in [3.63, 3.8) is 0 Å². The van der Waals surface area contributed by atoms with Crippen molar-refractivity contribution < 1.29 is 27.8 Å². The Balaban J connectivity index is 1.16. The van der Waals surface area contributed by atoms with E-state index in [4.69, 9.17) is 4.74 Å². The van der Waals surface area contributed by atoms with Gasteiger partial charge in [-0.3, -0.25) is 4.79 Å². The van der Waals surface area contributed by atoms with Crippen LogP contribution in [-0.2, 0) is 16.6 Å². The largest absolute Gasteiger partial charge is 0.586 e. The number of ether oxygens (including phenoxy) is 3. The highest BCUT2D eigenvalue weighted by molar-refractivity contribution is 5.99. The van der Waals surface area contributed by atoms with Gasteiger partial charge in [-0.25, -0.2) is 4.98 Å². The molecule has 3 aliphatic heterocycles. The molecule has 2 unspecified atom stereocenters. The minimum absolute atomic E-state index is 0.0560. The van der Waals surface area contributed by atoms with Crippen molar-refractivity contribution in [2.75, 3.05) is 29.9 Å². The van der Waals surface area contributed by atoms with E-state index in [0.29, 0.717) is 23.0 Å². The fraction of sp³-hybridized carbons (Fsp3) is 0.333. The number of nitrogens with zero attached hydrogens (tertiary/aromatic N) is 2. The van der Waals surface area contributed by atoms with Gasteiger partial charge in [0.1, 0.15) is 29.4 Å². The summed E-state index contributed by atoms with van der Waals surface area (Å²) >= 11 is 0. The first kappa shape index (κ1) is 22.6. The van der Waals surface area contributed by atoms with E-state index in [2.05, 4.69) is 48.9 Å². The number of nitrogens with one attached hydrogen (secondary N) is 1. The maximum Gasteiger partial charge on any atom is 0.586 e. The fourth-order valence-corrected chi connectivity index (χ4v) is 5.09. The molecule has 3 aliphatic rings. The lowest BCUT2D eigenvalue weighted by atomic mass is 9.83. The summed E-state index contributed by atoms with van der Waals surface area (Å²) in [7, 11) is 0. The summed E-state index contributed by atoms with van der Waals surface area (Å²) in [5.74, 6) is 1.50. The average molecular weight is 494 g/mol. The maximum absolute atomic E-state index is 13.5. The van der Waals surface area contributed by atoms with Gasteiger partial charge in [-0.1, -0.05) is 36.4 Å². The highest BCUT2D eigenvalue weighted by atomic mass is 19.3. The normalized spacial score (nSPS) is 23.3. The van der Waals surface area contributed by atoms with Gasteiger partial charge in [-0.15, -0.1) is 8.78 Å². The SMILES string of the molecule is CC1(C(=O)Nc2cccc(N3CCC(Cc4ccccc4)C3)n2)COc2cc3c(cc21)OC(F)(F)O3. The molecule has 186 valence electrons. The molecule has 0 aliphatic carbocycles. The van der Waals surface area contributed by atoms with Crippen LogP contribution < -0.4 is 24.4 Å². The van der Waals surface area contributed by atoms with Crippen LogP contribution in [0.15, 0.2) is 60.7 Å². The molecular weight excluding hydrogens is 468 g/mol. The molecule has 7 nitrogen and oxygen atoms in total. The number of hydrogen-bond donors (Lipinski definition) is 1. The number of alkyl halides is 2. The van der Waals surface area contributed by atoms with Crippen molar-refractivity contribution in [3.8, 4) is 17.2 Å². The van der Waals surface area contributed by atoms with Gasteiger partial charge in [-0.2, -0.15) is 0 Å². The Morgan fingerprint density at radius 3 is 2.67 bits per heavy atom. The second-order valence-corrected chi connectivity index (χ2v) is 9.71. The van der Waals surface area contributed by atoms with Crippen molar-refractivity contribution in [1.29, 1.82) is 0 Å². The first-order valence-electron chi connectivity index (χ1n) is 11.9. The first-order chi connectivity index (χ1) is 17.3. The van der Waals surface area contributed by atoms with Gasteiger partial charge in [-0.05, 0) is 49.4 Å². The molecule has 1 N–H and O–H groups in total. The number of benzene rings is 2. The molecule has 0 radical (unpaired) electrons. The smallest absolute Gasteiger partial charge is 0.492 e. The Hall–Kier alpha value is -3.88. The van der Waals surface area contributed by atoms with Crippen molar-refractivity contribution in [3.05, 3.63) is 71.8 Å².